The molecule has 5 nitrogen and oxygen atoms in total. The fraction of sp³-hybridized carbons (Fsp3) is 0.143. The number of hydrogen-bond donors (Lipinski definition) is 0. The van der Waals surface area contributed by atoms with E-state index in [1.807, 2.05) is 73.9 Å². The van der Waals surface area contributed by atoms with E-state index in [1.165, 1.54) is 0 Å². The molecule has 2 aromatic heterocycles. The van der Waals surface area contributed by atoms with E-state index in [9.17, 15) is 5.26 Å². The Bertz CT molecular complexity index is 1160. The van der Waals surface area contributed by atoms with E-state index >= 15 is 0 Å². The summed E-state index contributed by atoms with van der Waals surface area (Å²) in [6, 6.07) is 18.2. The minimum atomic E-state index is 0.293. The third kappa shape index (κ3) is 2.52. The van der Waals surface area contributed by atoms with Gasteiger partial charge in [0.25, 0.3) is 0 Å². The van der Waals surface area contributed by atoms with Crippen LogP contribution in [0.5, 0.6) is 0 Å². The summed E-state index contributed by atoms with van der Waals surface area (Å²) in [6.07, 6.45) is 0. The van der Waals surface area contributed by atoms with Crippen molar-refractivity contribution < 1.29 is 0 Å². The maximum Gasteiger partial charge on any atom is 0.172 e. The van der Waals surface area contributed by atoms with Gasteiger partial charge in [-0.05, 0) is 32.4 Å². The summed E-state index contributed by atoms with van der Waals surface area (Å²) < 4.78 is 1.99. The molecule has 0 atom stereocenters. The first-order chi connectivity index (χ1) is 12.6. The Kier molecular flexibility index (Phi) is 3.74. The van der Waals surface area contributed by atoms with Crippen LogP contribution in [-0.4, -0.2) is 19.5 Å². The highest BCUT2D eigenvalue weighted by Crippen LogP contribution is 2.26. The fourth-order valence-electron chi connectivity index (χ4n) is 3.08. The van der Waals surface area contributed by atoms with Crippen LogP contribution in [0.4, 0.5) is 0 Å². The van der Waals surface area contributed by atoms with Crippen molar-refractivity contribution in [3.8, 4) is 23.1 Å². The molecule has 0 unspecified atom stereocenters. The molecule has 0 amide bonds. The summed E-state index contributed by atoms with van der Waals surface area (Å²) in [6.45, 7) is 6.00. The van der Waals surface area contributed by atoms with Crippen LogP contribution in [0.15, 0.2) is 48.5 Å². The molecule has 0 aliphatic heterocycles. The molecule has 0 bridgehead atoms. The standard InChI is InChI=1S/C21H17N5/c1-13-8-10-16(11-9-13)20-24-17(12-22)19-21(25-20)26(15(3)23-19)18-7-5-4-6-14(18)2/h4-11H,1-3H3. The molecule has 0 radical (unpaired) electrons. The second kappa shape index (κ2) is 6.08. The second-order valence-corrected chi connectivity index (χ2v) is 6.33. The summed E-state index contributed by atoms with van der Waals surface area (Å²) in [5.74, 6) is 1.31. The number of rotatable bonds is 2. The van der Waals surface area contributed by atoms with Gasteiger partial charge in [0.05, 0.1) is 5.69 Å². The fourth-order valence-corrected chi connectivity index (χ4v) is 3.08. The smallest absolute Gasteiger partial charge is 0.172 e. The summed E-state index contributed by atoms with van der Waals surface area (Å²) in [5, 5.41) is 9.59. The zero-order chi connectivity index (χ0) is 18.3. The van der Waals surface area contributed by atoms with Crippen LogP contribution < -0.4 is 0 Å². The van der Waals surface area contributed by atoms with Crippen LogP contribution in [0.1, 0.15) is 22.6 Å². The lowest BCUT2D eigenvalue weighted by atomic mass is 10.1. The number of nitriles is 1. The molecule has 0 aliphatic rings. The Balaban J connectivity index is 2.04. The van der Waals surface area contributed by atoms with Crippen LogP contribution in [0, 0.1) is 32.1 Å². The zero-order valence-electron chi connectivity index (χ0n) is 14.9. The minimum Gasteiger partial charge on any atom is -0.281 e. The van der Waals surface area contributed by atoms with Crippen molar-refractivity contribution >= 4 is 11.2 Å². The molecule has 126 valence electrons. The molecule has 2 aromatic carbocycles. The molecular weight excluding hydrogens is 322 g/mol. The Hall–Kier alpha value is -3.52. The van der Waals surface area contributed by atoms with Gasteiger partial charge in [-0.2, -0.15) is 5.26 Å². The average molecular weight is 339 g/mol. The molecular formula is C21H17N5. The molecule has 0 saturated heterocycles. The summed E-state index contributed by atoms with van der Waals surface area (Å²) in [7, 11) is 0. The zero-order valence-corrected chi connectivity index (χ0v) is 14.9. The first-order valence-electron chi connectivity index (χ1n) is 8.38. The predicted octanol–water partition coefficient (Wildman–Crippen LogP) is 4.28. The predicted molar refractivity (Wildman–Crippen MR) is 101 cm³/mol. The van der Waals surface area contributed by atoms with E-state index in [2.05, 4.69) is 16.0 Å². The molecule has 2 heterocycles. The van der Waals surface area contributed by atoms with Gasteiger partial charge < -0.3 is 0 Å². The maximum atomic E-state index is 9.59. The summed E-state index contributed by atoms with van der Waals surface area (Å²) >= 11 is 0. The topological polar surface area (TPSA) is 67.4 Å². The first-order valence-corrected chi connectivity index (χ1v) is 8.38. The van der Waals surface area contributed by atoms with E-state index in [0.717, 1.165) is 28.2 Å². The SMILES string of the molecule is Cc1ccc(-c2nc(C#N)c3nc(C)n(-c4ccccc4C)c3n2)cc1. The monoisotopic (exact) mass is 339 g/mol. The van der Waals surface area contributed by atoms with Gasteiger partial charge >= 0.3 is 0 Å². The lowest BCUT2D eigenvalue weighted by Crippen LogP contribution is -2.02. The highest BCUT2D eigenvalue weighted by Gasteiger charge is 2.18. The number of aryl methyl sites for hydroxylation is 3. The average Bonchev–Trinajstić information content (AvgIpc) is 2.98. The molecule has 5 heteroatoms. The van der Waals surface area contributed by atoms with Crippen LogP contribution in [0.2, 0.25) is 0 Å². The lowest BCUT2D eigenvalue weighted by molar-refractivity contribution is 0.976. The first kappa shape index (κ1) is 16.0. The van der Waals surface area contributed by atoms with Gasteiger partial charge in [0.15, 0.2) is 17.2 Å². The normalized spacial score (nSPS) is 10.8. The number of imidazole rings is 1. The molecule has 0 N–H and O–H groups in total. The number of fused-ring (bicyclic) bond motifs is 1. The highest BCUT2D eigenvalue weighted by molar-refractivity contribution is 5.81. The Labute approximate surface area is 151 Å². The van der Waals surface area contributed by atoms with E-state index in [4.69, 9.17) is 4.98 Å². The second-order valence-electron chi connectivity index (χ2n) is 6.33. The van der Waals surface area contributed by atoms with Gasteiger partial charge in [0.1, 0.15) is 17.4 Å². The van der Waals surface area contributed by atoms with Crippen molar-refractivity contribution in [2.75, 3.05) is 0 Å². The van der Waals surface area contributed by atoms with Crippen molar-refractivity contribution in [1.82, 2.24) is 19.5 Å². The van der Waals surface area contributed by atoms with Crippen molar-refractivity contribution in [2.45, 2.75) is 20.8 Å². The summed E-state index contributed by atoms with van der Waals surface area (Å²) in [4.78, 5) is 13.8. The van der Waals surface area contributed by atoms with Gasteiger partial charge in [0, 0.05) is 5.56 Å². The summed E-state index contributed by atoms with van der Waals surface area (Å²) in [5.41, 5.74) is 5.64. The van der Waals surface area contributed by atoms with Gasteiger partial charge in [0.2, 0.25) is 0 Å². The van der Waals surface area contributed by atoms with E-state index in [-0.39, 0.29) is 0 Å². The molecule has 26 heavy (non-hydrogen) atoms. The van der Waals surface area contributed by atoms with E-state index in [1.54, 1.807) is 0 Å². The molecule has 4 rings (SSSR count). The third-order valence-corrected chi connectivity index (χ3v) is 4.45. The molecule has 0 aliphatic carbocycles. The largest absolute Gasteiger partial charge is 0.281 e. The Morgan fingerprint density at radius 2 is 1.62 bits per heavy atom. The quantitative estimate of drug-likeness (QED) is 0.547. The van der Waals surface area contributed by atoms with Crippen molar-refractivity contribution in [3.63, 3.8) is 0 Å². The van der Waals surface area contributed by atoms with E-state index in [0.29, 0.717) is 22.7 Å². The van der Waals surface area contributed by atoms with Crippen molar-refractivity contribution in [1.29, 1.82) is 5.26 Å². The van der Waals surface area contributed by atoms with Crippen LogP contribution >= 0.6 is 0 Å². The maximum absolute atomic E-state index is 9.59. The number of para-hydroxylation sites is 1. The number of nitrogens with zero attached hydrogens (tertiary/aromatic N) is 5. The molecule has 0 spiro atoms. The van der Waals surface area contributed by atoms with Crippen molar-refractivity contribution in [3.05, 3.63) is 71.2 Å². The third-order valence-electron chi connectivity index (χ3n) is 4.45. The van der Waals surface area contributed by atoms with Crippen LogP contribution in [0.3, 0.4) is 0 Å². The lowest BCUT2D eigenvalue weighted by Gasteiger charge is -2.10. The van der Waals surface area contributed by atoms with Gasteiger partial charge in [-0.1, -0.05) is 48.0 Å². The number of aromatic nitrogens is 4. The molecule has 4 aromatic rings. The molecule has 0 fully saturated rings. The van der Waals surface area contributed by atoms with Crippen molar-refractivity contribution in [2.24, 2.45) is 0 Å². The Morgan fingerprint density at radius 3 is 2.31 bits per heavy atom. The van der Waals surface area contributed by atoms with Gasteiger partial charge in [-0.25, -0.2) is 15.0 Å². The van der Waals surface area contributed by atoms with Crippen LogP contribution in [-0.2, 0) is 0 Å². The minimum absolute atomic E-state index is 0.293. The van der Waals surface area contributed by atoms with Crippen LogP contribution in [0.25, 0.3) is 28.2 Å². The Morgan fingerprint density at radius 1 is 0.885 bits per heavy atom. The number of benzene rings is 2. The van der Waals surface area contributed by atoms with Gasteiger partial charge in [-0.3, -0.25) is 4.57 Å². The van der Waals surface area contributed by atoms with Gasteiger partial charge in [-0.15, -0.1) is 0 Å². The number of hydrogen-bond acceptors (Lipinski definition) is 4. The molecule has 0 saturated carbocycles. The van der Waals surface area contributed by atoms with E-state index < -0.39 is 0 Å². The highest BCUT2D eigenvalue weighted by atomic mass is 15.2.